The number of nitrogens with two attached hydrogens (primary N) is 1. The topological polar surface area (TPSA) is 38.5 Å². The van der Waals surface area contributed by atoms with Crippen LogP contribution in [0.5, 0.6) is 5.75 Å². The van der Waals surface area contributed by atoms with Crippen molar-refractivity contribution in [2.75, 3.05) is 18.6 Å². The smallest absolute Gasteiger partial charge is 0.125 e. The summed E-state index contributed by atoms with van der Waals surface area (Å²) in [6.45, 7) is 7.76. The second kappa shape index (κ2) is 5.83. The van der Waals surface area contributed by atoms with E-state index in [2.05, 4.69) is 30.9 Å². The van der Waals surface area contributed by atoms with Gasteiger partial charge in [0.2, 0.25) is 0 Å². The summed E-state index contributed by atoms with van der Waals surface area (Å²) in [5, 5.41) is 0. The van der Waals surface area contributed by atoms with Gasteiger partial charge in [-0.3, -0.25) is 0 Å². The molecule has 0 aliphatic carbocycles. The van der Waals surface area contributed by atoms with Gasteiger partial charge in [0, 0.05) is 29.9 Å². The maximum atomic E-state index is 6.17. The van der Waals surface area contributed by atoms with Crippen LogP contribution in [0.2, 0.25) is 0 Å². The first-order valence-corrected chi connectivity index (χ1v) is 7.23. The SMILES string of the molecule is COc1cccc(N2CC(C)CCC2C)c1[C@H](C)N. The Hall–Kier alpha value is -1.22. The van der Waals surface area contributed by atoms with E-state index in [0.717, 1.165) is 23.8 Å². The van der Waals surface area contributed by atoms with Crippen molar-refractivity contribution in [2.24, 2.45) is 11.7 Å². The van der Waals surface area contributed by atoms with Crippen molar-refractivity contribution in [2.45, 2.75) is 45.7 Å². The molecule has 106 valence electrons. The first-order valence-electron chi connectivity index (χ1n) is 7.23. The fourth-order valence-corrected chi connectivity index (χ4v) is 3.04. The van der Waals surface area contributed by atoms with Crippen molar-refractivity contribution in [3.63, 3.8) is 0 Å². The van der Waals surface area contributed by atoms with Crippen LogP contribution in [0, 0.1) is 5.92 Å². The predicted octanol–water partition coefficient (Wildman–Crippen LogP) is 3.34. The molecule has 3 nitrogen and oxygen atoms in total. The van der Waals surface area contributed by atoms with Crippen LogP contribution in [-0.4, -0.2) is 19.7 Å². The summed E-state index contributed by atoms with van der Waals surface area (Å²) < 4.78 is 5.49. The molecular formula is C16H26N2O. The van der Waals surface area contributed by atoms with Crippen molar-refractivity contribution in [3.05, 3.63) is 23.8 Å². The van der Waals surface area contributed by atoms with E-state index in [9.17, 15) is 0 Å². The highest BCUT2D eigenvalue weighted by Crippen LogP contribution is 2.37. The number of benzene rings is 1. The molecule has 0 amide bonds. The molecule has 0 aromatic heterocycles. The Balaban J connectivity index is 2.43. The molecule has 1 fully saturated rings. The molecule has 0 bridgehead atoms. The van der Waals surface area contributed by atoms with Gasteiger partial charge in [0.1, 0.15) is 5.75 Å². The van der Waals surface area contributed by atoms with E-state index in [4.69, 9.17) is 10.5 Å². The maximum Gasteiger partial charge on any atom is 0.125 e. The highest BCUT2D eigenvalue weighted by atomic mass is 16.5. The Bertz CT molecular complexity index is 431. The highest BCUT2D eigenvalue weighted by molar-refractivity contribution is 5.61. The molecule has 0 saturated carbocycles. The minimum Gasteiger partial charge on any atom is -0.496 e. The third-order valence-corrected chi connectivity index (χ3v) is 4.15. The number of hydrogen-bond donors (Lipinski definition) is 1. The molecular weight excluding hydrogens is 236 g/mol. The Morgan fingerprint density at radius 2 is 2.05 bits per heavy atom. The molecule has 19 heavy (non-hydrogen) atoms. The van der Waals surface area contributed by atoms with Crippen molar-refractivity contribution in [1.82, 2.24) is 0 Å². The zero-order valence-corrected chi connectivity index (χ0v) is 12.5. The summed E-state index contributed by atoms with van der Waals surface area (Å²) >= 11 is 0. The van der Waals surface area contributed by atoms with Gasteiger partial charge in [-0.25, -0.2) is 0 Å². The lowest BCUT2D eigenvalue weighted by atomic mass is 9.93. The van der Waals surface area contributed by atoms with Crippen molar-refractivity contribution < 1.29 is 4.74 Å². The van der Waals surface area contributed by atoms with E-state index in [1.54, 1.807) is 7.11 Å². The van der Waals surface area contributed by atoms with Gasteiger partial charge in [0.15, 0.2) is 0 Å². The summed E-state index contributed by atoms with van der Waals surface area (Å²) in [6.07, 6.45) is 2.56. The van der Waals surface area contributed by atoms with Gasteiger partial charge in [-0.1, -0.05) is 13.0 Å². The first kappa shape index (κ1) is 14.2. The number of hydrogen-bond acceptors (Lipinski definition) is 3. The van der Waals surface area contributed by atoms with Gasteiger partial charge < -0.3 is 15.4 Å². The average Bonchev–Trinajstić information content (AvgIpc) is 2.40. The number of rotatable bonds is 3. The molecule has 1 aromatic rings. The number of ether oxygens (including phenoxy) is 1. The molecule has 3 heteroatoms. The van der Waals surface area contributed by atoms with Crippen LogP contribution in [0.1, 0.15) is 45.2 Å². The highest BCUT2D eigenvalue weighted by Gasteiger charge is 2.26. The van der Waals surface area contributed by atoms with Gasteiger partial charge in [0.25, 0.3) is 0 Å². The fourth-order valence-electron chi connectivity index (χ4n) is 3.04. The van der Waals surface area contributed by atoms with Crippen LogP contribution in [0.25, 0.3) is 0 Å². The Morgan fingerprint density at radius 3 is 2.68 bits per heavy atom. The van der Waals surface area contributed by atoms with Crippen LogP contribution in [-0.2, 0) is 0 Å². The second-order valence-electron chi connectivity index (χ2n) is 5.87. The summed E-state index contributed by atoms with van der Waals surface area (Å²) in [7, 11) is 1.72. The number of anilines is 1. The molecule has 0 radical (unpaired) electrons. The third-order valence-electron chi connectivity index (χ3n) is 4.15. The monoisotopic (exact) mass is 262 g/mol. The lowest BCUT2D eigenvalue weighted by molar-refractivity contribution is 0.385. The van der Waals surface area contributed by atoms with Gasteiger partial charge >= 0.3 is 0 Å². The predicted molar refractivity (Wildman–Crippen MR) is 80.8 cm³/mol. The zero-order chi connectivity index (χ0) is 14.0. The second-order valence-corrected chi connectivity index (χ2v) is 5.87. The van der Waals surface area contributed by atoms with Gasteiger partial charge in [0.05, 0.1) is 7.11 Å². The molecule has 1 saturated heterocycles. The van der Waals surface area contributed by atoms with Crippen molar-refractivity contribution in [3.8, 4) is 5.75 Å². The maximum absolute atomic E-state index is 6.17. The van der Waals surface area contributed by atoms with Gasteiger partial charge in [-0.2, -0.15) is 0 Å². The molecule has 2 rings (SSSR count). The van der Waals surface area contributed by atoms with E-state index in [0.29, 0.717) is 6.04 Å². The molecule has 2 N–H and O–H groups in total. The molecule has 2 unspecified atom stereocenters. The standard InChI is InChI=1S/C16H26N2O/c1-11-8-9-12(2)18(10-11)14-6-5-7-15(19-4)16(14)13(3)17/h5-7,11-13H,8-10,17H2,1-4H3/t11?,12?,13-/m0/s1. The van der Waals surface area contributed by atoms with Gasteiger partial charge in [-0.15, -0.1) is 0 Å². The van der Waals surface area contributed by atoms with Crippen LogP contribution in [0.4, 0.5) is 5.69 Å². The average molecular weight is 262 g/mol. The molecule has 0 spiro atoms. The van der Waals surface area contributed by atoms with Crippen LogP contribution < -0.4 is 15.4 Å². The van der Waals surface area contributed by atoms with Crippen molar-refractivity contribution in [1.29, 1.82) is 0 Å². The largest absolute Gasteiger partial charge is 0.496 e. The fraction of sp³-hybridized carbons (Fsp3) is 0.625. The summed E-state index contributed by atoms with van der Waals surface area (Å²) in [4.78, 5) is 2.50. The summed E-state index contributed by atoms with van der Waals surface area (Å²) in [6, 6.07) is 6.79. The third kappa shape index (κ3) is 2.86. The Kier molecular flexibility index (Phi) is 4.35. The van der Waals surface area contributed by atoms with E-state index in [-0.39, 0.29) is 6.04 Å². The number of nitrogens with zero attached hydrogens (tertiary/aromatic N) is 1. The Morgan fingerprint density at radius 1 is 1.32 bits per heavy atom. The molecule has 1 aliphatic rings. The van der Waals surface area contributed by atoms with Crippen LogP contribution >= 0.6 is 0 Å². The van der Waals surface area contributed by atoms with E-state index < -0.39 is 0 Å². The van der Waals surface area contributed by atoms with Crippen molar-refractivity contribution >= 4 is 5.69 Å². The van der Waals surface area contributed by atoms with E-state index >= 15 is 0 Å². The number of methoxy groups -OCH3 is 1. The minimum atomic E-state index is -0.0180. The molecule has 1 aliphatic heterocycles. The zero-order valence-electron chi connectivity index (χ0n) is 12.5. The summed E-state index contributed by atoms with van der Waals surface area (Å²) in [5.41, 5.74) is 8.55. The normalized spacial score (nSPS) is 25.2. The van der Waals surface area contributed by atoms with Crippen LogP contribution in [0.3, 0.4) is 0 Å². The molecule has 1 heterocycles. The summed E-state index contributed by atoms with van der Waals surface area (Å²) in [5.74, 6) is 1.64. The van der Waals surface area contributed by atoms with E-state index in [1.807, 2.05) is 13.0 Å². The Labute approximate surface area is 116 Å². The quantitative estimate of drug-likeness (QED) is 0.908. The first-order chi connectivity index (χ1) is 9.04. The molecule has 1 aromatic carbocycles. The lowest BCUT2D eigenvalue weighted by Crippen LogP contribution is -2.41. The van der Waals surface area contributed by atoms with Crippen LogP contribution in [0.15, 0.2) is 18.2 Å². The molecule has 3 atom stereocenters. The lowest BCUT2D eigenvalue weighted by Gasteiger charge is -2.40. The van der Waals surface area contributed by atoms with E-state index in [1.165, 1.54) is 18.5 Å². The minimum absolute atomic E-state index is 0.0180. The van der Waals surface area contributed by atoms with Gasteiger partial charge in [-0.05, 0) is 44.7 Å². The number of piperidine rings is 1.